The molecule has 1 heterocycles. The predicted octanol–water partition coefficient (Wildman–Crippen LogP) is 3.21. The number of aromatic nitrogens is 2. The minimum atomic E-state index is 0.220. The van der Waals surface area contributed by atoms with Crippen molar-refractivity contribution in [3.8, 4) is 0 Å². The number of aldehydes is 1. The van der Waals surface area contributed by atoms with Crippen LogP contribution in [0.15, 0.2) is 6.33 Å². The van der Waals surface area contributed by atoms with Crippen LogP contribution in [0.25, 0.3) is 0 Å². The molecule has 1 aromatic rings. The number of hydrogen-bond donors (Lipinski definition) is 0. The molecule has 0 aliphatic carbocycles. The maximum atomic E-state index is 11.1. The van der Waals surface area contributed by atoms with Gasteiger partial charge in [-0.05, 0) is 12.8 Å². The molecule has 0 aliphatic rings. The van der Waals surface area contributed by atoms with E-state index < -0.39 is 0 Å². The van der Waals surface area contributed by atoms with E-state index in [1.165, 1.54) is 6.33 Å². The minimum Gasteiger partial charge on any atom is -0.356 e. The fraction of sp³-hybridized carbons (Fsp3) is 0.615. The Balaban J connectivity index is 3.01. The second kappa shape index (κ2) is 7.31. The Labute approximate surface area is 113 Å². The van der Waals surface area contributed by atoms with Gasteiger partial charge in [-0.15, -0.1) is 0 Å². The average molecular weight is 270 g/mol. The maximum Gasteiger partial charge on any atom is 0.156 e. The standard InChI is InChI=1S/C13H20ClN3O/c1-4-10(5-2)7-17(6-3)13-11(8-18)12(14)15-9-16-13/h8-10H,4-7H2,1-3H3. The lowest BCUT2D eigenvalue weighted by atomic mass is 10.0. The highest BCUT2D eigenvalue weighted by Crippen LogP contribution is 2.23. The molecular weight excluding hydrogens is 250 g/mol. The van der Waals surface area contributed by atoms with Crippen molar-refractivity contribution in [1.29, 1.82) is 0 Å². The van der Waals surface area contributed by atoms with Gasteiger partial charge in [0, 0.05) is 13.1 Å². The first-order valence-electron chi connectivity index (χ1n) is 6.38. The number of hydrogen-bond acceptors (Lipinski definition) is 4. The fourth-order valence-corrected chi connectivity index (χ4v) is 2.12. The molecule has 18 heavy (non-hydrogen) atoms. The summed E-state index contributed by atoms with van der Waals surface area (Å²) in [7, 11) is 0. The van der Waals surface area contributed by atoms with Crippen LogP contribution in [-0.4, -0.2) is 29.3 Å². The van der Waals surface area contributed by atoms with E-state index >= 15 is 0 Å². The molecule has 1 rings (SSSR count). The molecule has 0 saturated carbocycles. The summed E-state index contributed by atoms with van der Waals surface area (Å²) in [6.45, 7) is 8.08. The SMILES string of the molecule is CCC(CC)CN(CC)c1ncnc(Cl)c1C=O. The van der Waals surface area contributed by atoms with Gasteiger partial charge in [0.05, 0.1) is 5.56 Å². The molecular formula is C13H20ClN3O. The Morgan fingerprint density at radius 3 is 2.50 bits per heavy atom. The van der Waals surface area contributed by atoms with Crippen molar-refractivity contribution in [3.05, 3.63) is 17.0 Å². The Hall–Kier alpha value is -1.16. The molecule has 0 fully saturated rings. The average Bonchev–Trinajstić information content (AvgIpc) is 2.40. The van der Waals surface area contributed by atoms with Crippen LogP contribution in [0.3, 0.4) is 0 Å². The summed E-state index contributed by atoms with van der Waals surface area (Å²) in [4.78, 5) is 21.2. The molecule has 5 heteroatoms. The summed E-state index contributed by atoms with van der Waals surface area (Å²) in [6.07, 6.45) is 4.36. The van der Waals surface area contributed by atoms with Crippen molar-refractivity contribution < 1.29 is 4.79 Å². The van der Waals surface area contributed by atoms with Gasteiger partial charge in [-0.1, -0.05) is 38.3 Å². The Kier molecular flexibility index (Phi) is 6.05. The van der Waals surface area contributed by atoms with Crippen molar-refractivity contribution in [2.45, 2.75) is 33.6 Å². The van der Waals surface area contributed by atoms with Crippen LogP contribution in [-0.2, 0) is 0 Å². The van der Waals surface area contributed by atoms with Gasteiger partial charge in [-0.2, -0.15) is 0 Å². The van der Waals surface area contributed by atoms with Crippen LogP contribution < -0.4 is 4.90 Å². The minimum absolute atomic E-state index is 0.220. The summed E-state index contributed by atoms with van der Waals surface area (Å²) in [5.41, 5.74) is 0.381. The number of halogens is 1. The number of carbonyl (C=O) groups excluding carboxylic acids is 1. The van der Waals surface area contributed by atoms with Crippen molar-refractivity contribution in [2.75, 3.05) is 18.0 Å². The van der Waals surface area contributed by atoms with Crippen LogP contribution in [0.5, 0.6) is 0 Å². The van der Waals surface area contributed by atoms with E-state index in [2.05, 4.69) is 28.7 Å². The lowest BCUT2D eigenvalue weighted by Crippen LogP contribution is -2.30. The van der Waals surface area contributed by atoms with Crippen LogP contribution in [0.4, 0.5) is 5.82 Å². The first kappa shape index (κ1) is 14.9. The Morgan fingerprint density at radius 1 is 1.33 bits per heavy atom. The van der Waals surface area contributed by atoms with Crippen LogP contribution in [0.1, 0.15) is 44.0 Å². The van der Waals surface area contributed by atoms with Gasteiger partial charge in [-0.25, -0.2) is 9.97 Å². The number of anilines is 1. The van der Waals surface area contributed by atoms with Crippen LogP contribution >= 0.6 is 11.6 Å². The number of nitrogens with zero attached hydrogens (tertiary/aromatic N) is 3. The summed E-state index contributed by atoms with van der Waals surface area (Å²) < 4.78 is 0. The zero-order valence-electron chi connectivity index (χ0n) is 11.2. The third kappa shape index (κ3) is 3.42. The Morgan fingerprint density at radius 2 is 2.00 bits per heavy atom. The van der Waals surface area contributed by atoms with Gasteiger partial charge in [0.1, 0.15) is 17.3 Å². The monoisotopic (exact) mass is 269 g/mol. The van der Waals surface area contributed by atoms with Gasteiger partial charge < -0.3 is 4.90 Å². The highest BCUT2D eigenvalue weighted by Gasteiger charge is 2.17. The van der Waals surface area contributed by atoms with E-state index in [1.54, 1.807) is 0 Å². The Bertz CT molecular complexity index is 394. The second-order valence-corrected chi connectivity index (χ2v) is 4.60. The van der Waals surface area contributed by atoms with Gasteiger partial charge in [0.15, 0.2) is 6.29 Å². The highest BCUT2D eigenvalue weighted by molar-refractivity contribution is 6.32. The number of rotatable bonds is 7. The lowest BCUT2D eigenvalue weighted by molar-refractivity contribution is 0.112. The molecule has 0 bridgehead atoms. The topological polar surface area (TPSA) is 46.1 Å². The third-order valence-electron chi connectivity index (χ3n) is 3.25. The van der Waals surface area contributed by atoms with Gasteiger partial charge in [0.2, 0.25) is 0 Å². The van der Waals surface area contributed by atoms with E-state index in [0.717, 1.165) is 32.2 Å². The molecule has 0 spiro atoms. The summed E-state index contributed by atoms with van der Waals surface area (Å²) in [5.74, 6) is 1.23. The molecule has 100 valence electrons. The van der Waals surface area contributed by atoms with Gasteiger partial charge in [0.25, 0.3) is 0 Å². The van der Waals surface area contributed by atoms with E-state index in [4.69, 9.17) is 11.6 Å². The largest absolute Gasteiger partial charge is 0.356 e. The molecule has 0 radical (unpaired) electrons. The summed E-state index contributed by atoms with van der Waals surface area (Å²) in [6, 6.07) is 0. The van der Waals surface area contributed by atoms with E-state index in [-0.39, 0.29) is 5.15 Å². The van der Waals surface area contributed by atoms with Gasteiger partial charge in [-0.3, -0.25) is 4.79 Å². The number of carbonyl (C=O) groups is 1. The van der Waals surface area contributed by atoms with Crippen LogP contribution in [0, 0.1) is 5.92 Å². The molecule has 0 N–H and O–H groups in total. The summed E-state index contributed by atoms with van der Waals surface area (Å²) in [5, 5.41) is 0.220. The van der Waals surface area contributed by atoms with Gasteiger partial charge >= 0.3 is 0 Å². The van der Waals surface area contributed by atoms with Crippen molar-refractivity contribution in [1.82, 2.24) is 9.97 Å². The molecule has 0 aliphatic heterocycles. The maximum absolute atomic E-state index is 11.1. The van der Waals surface area contributed by atoms with E-state index in [0.29, 0.717) is 17.3 Å². The molecule has 0 amide bonds. The zero-order valence-corrected chi connectivity index (χ0v) is 11.9. The molecule has 1 aromatic heterocycles. The second-order valence-electron chi connectivity index (χ2n) is 4.24. The zero-order chi connectivity index (χ0) is 13.5. The van der Waals surface area contributed by atoms with Crippen molar-refractivity contribution in [3.63, 3.8) is 0 Å². The lowest BCUT2D eigenvalue weighted by Gasteiger charge is -2.27. The first-order chi connectivity index (χ1) is 8.67. The third-order valence-corrected chi connectivity index (χ3v) is 3.55. The normalized spacial score (nSPS) is 10.7. The molecule has 0 atom stereocenters. The molecule has 0 unspecified atom stereocenters. The van der Waals surface area contributed by atoms with Crippen molar-refractivity contribution >= 4 is 23.7 Å². The quantitative estimate of drug-likeness (QED) is 0.563. The van der Waals surface area contributed by atoms with E-state index in [1.807, 2.05) is 6.92 Å². The fourth-order valence-electron chi connectivity index (χ4n) is 1.94. The van der Waals surface area contributed by atoms with Crippen molar-refractivity contribution in [2.24, 2.45) is 5.92 Å². The van der Waals surface area contributed by atoms with Crippen LogP contribution in [0.2, 0.25) is 5.15 Å². The smallest absolute Gasteiger partial charge is 0.156 e. The predicted molar refractivity (Wildman–Crippen MR) is 74.4 cm³/mol. The summed E-state index contributed by atoms with van der Waals surface area (Å²) >= 11 is 5.93. The van der Waals surface area contributed by atoms with E-state index in [9.17, 15) is 4.79 Å². The highest BCUT2D eigenvalue weighted by atomic mass is 35.5. The molecule has 0 aromatic carbocycles. The first-order valence-corrected chi connectivity index (χ1v) is 6.76. The molecule has 4 nitrogen and oxygen atoms in total. The molecule has 0 saturated heterocycles.